The van der Waals surface area contributed by atoms with Gasteiger partial charge in [0, 0.05) is 31.9 Å². The van der Waals surface area contributed by atoms with Gasteiger partial charge >= 0.3 is 0 Å². The van der Waals surface area contributed by atoms with Crippen molar-refractivity contribution in [2.24, 2.45) is 5.92 Å². The van der Waals surface area contributed by atoms with E-state index in [2.05, 4.69) is 15.2 Å². The van der Waals surface area contributed by atoms with E-state index in [0.29, 0.717) is 22.8 Å². The highest BCUT2D eigenvalue weighted by Crippen LogP contribution is 2.31. The lowest BCUT2D eigenvalue weighted by Gasteiger charge is -2.38. The molecule has 2 unspecified atom stereocenters. The first-order chi connectivity index (χ1) is 8.25. The number of rotatable bonds is 1. The highest BCUT2D eigenvalue weighted by molar-refractivity contribution is 6.30. The largest absolute Gasteiger partial charge is 0.350 e. The van der Waals surface area contributed by atoms with Gasteiger partial charge in [-0.15, -0.1) is 0 Å². The van der Waals surface area contributed by atoms with Crippen molar-refractivity contribution in [3.63, 3.8) is 0 Å². The SMILES string of the molecule is Fc1cc(Cl)cnc1N1CCCC2CNCC21. The van der Waals surface area contributed by atoms with Gasteiger partial charge in [-0.1, -0.05) is 11.6 Å². The predicted octanol–water partition coefficient (Wildman–Crippen LogP) is 2.06. The van der Waals surface area contributed by atoms with Crippen molar-refractivity contribution in [2.45, 2.75) is 18.9 Å². The highest BCUT2D eigenvalue weighted by atomic mass is 35.5. The average Bonchev–Trinajstić information content (AvgIpc) is 2.77. The molecule has 3 rings (SSSR count). The fourth-order valence-electron chi connectivity index (χ4n) is 2.95. The Hall–Kier alpha value is -0.870. The Morgan fingerprint density at radius 2 is 2.35 bits per heavy atom. The lowest BCUT2D eigenvalue weighted by Crippen LogP contribution is -2.46. The molecule has 1 aromatic rings. The maximum Gasteiger partial charge on any atom is 0.167 e. The van der Waals surface area contributed by atoms with Gasteiger partial charge in [0.1, 0.15) is 0 Å². The summed E-state index contributed by atoms with van der Waals surface area (Å²) in [4.78, 5) is 6.25. The average molecular weight is 256 g/mol. The van der Waals surface area contributed by atoms with Crippen LogP contribution >= 0.6 is 11.6 Å². The Labute approximate surface area is 105 Å². The van der Waals surface area contributed by atoms with Crippen LogP contribution in [0, 0.1) is 11.7 Å². The van der Waals surface area contributed by atoms with Crippen molar-refractivity contribution < 1.29 is 4.39 Å². The summed E-state index contributed by atoms with van der Waals surface area (Å²) in [6.07, 6.45) is 3.85. The zero-order valence-corrected chi connectivity index (χ0v) is 10.3. The van der Waals surface area contributed by atoms with E-state index in [4.69, 9.17) is 11.6 Å². The third-order valence-corrected chi connectivity index (χ3v) is 3.95. The number of nitrogens with zero attached hydrogens (tertiary/aromatic N) is 2. The monoisotopic (exact) mass is 255 g/mol. The summed E-state index contributed by atoms with van der Waals surface area (Å²) in [5.41, 5.74) is 0. The second-order valence-corrected chi connectivity index (χ2v) is 5.22. The fourth-order valence-corrected chi connectivity index (χ4v) is 3.09. The van der Waals surface area contributed by atoms with E-state index in [0.717, 1.165) is 26.1 Å². The summed E-state index contributed by atoms with van der Waals surface area (Å²) in [6.45, 7) is 2.85. The minimum Gasteiger partial charge on any atom is -0.350 e. The van der Waals surface area contributed by atoms with Crippen molar-refractivity contribution in [2.75, 3.05) is 24.5 Å². The maximum atomic E-state index is 13.9. The minimum absolute atomic E-state index is 0.315. The Morgan fingerprint density at radius 3 is 3.18 bits per heavy atom. The standard InChI is InChI=1S/C12H15ClFN3/c13-9-4-10(14)12(16-6-9)17-3-1-2-8-5-15-7-11(8)17/h4,6,8,11,15H,1-3,5,7H2. The summed E-state index contributed by atoms with van der Waals surface area (Å²) >= 11 is 5.73. The Bertz CT molecular complexity index is 426. The second kappa shape index (κ2) is 4.42. The number of halogens is 2. The number of hydrogen-bond acceptors (Lipinski definition) is 3. The Kier molecular flexibility index (Phi) is 2.92. The van der Waals surface area contributed by atoms with E-state index in [9.17, 15) is 4.39 Å². The zero-order valence-electron chi connectivity index (χ0n) is 9.50. The van der Waals surface area contributed by atoms with Crippen molar-refractivity contribution in [1.82, 2.24) is 10.3 Å². The van der Waals surface area contributed by atoms with Gasteiger partial charge in [-0.3, -0.25) is 0 Å². The normalized spacial score (nSPS) is 28.2. The number of pyridine rings is 1. The lowest BCUT2D eigenvalue weighted by atomic mass is 9.92. The molecule has 3 heterocycles. The number of aromatic nitrogens is 1. The molecule has 0 aromatic carbocycles. The van der Waals surface area contributed by atoms with Crippen molar-refractivity contribution in [1.29, 1.82) is 0 Å². The molecule has 0 amide bonds. The van der Waals surface area contributed by atoms with Crippen molar-refractivity contribution in [3.8, 4) is 0 Å². The maximum absolute atomic E-state index is 13.9. The van der Waals surface area contributed by atoms with Crippen LogP contribution in [0.1, 0.15) is 12.8 Å². The van der Waals surface area contributed by atoms with Crippen molar-refractivity contribution >= 4 is 17.4 Å². The van der Waals surface area contributed by atoms with Crippen LogP contribution in [0.25, 0.3) is 0 Å². The van der Waals surface area contributed by atoms with Gasteiger partial charge in [0.25, 0.3) is 0 Å². The van der Waals surface area contributed by atoms with Crippen LogP contribution in [0.4, 0.5) is 10.2 Å². The van der Waals surface area contributed by atoms with Crippen molar-refractivity contribution in [3.05, 3.63) is 23.1 Å². The summed E-state index contributed by atoms with van der Waals surface area (Å²) in [5, 5.41) is 3.73. The molecule has 0 aliphatic carbocycles. The number of nitrogens with one attached hydrogen (secondary N) is 1. The molecule has 2 aliphatic rings. The molecule has 5 heteroatoms. The van der Waals surface area contributed by atoms with E-state index in [1.165, 1.54) is 18.7 Å². The summed E-state index contributed by atoms with van der Waals surface area (Å²) < 4.78 is 13.9. The molecule has 1 aromatic heterocycles. The molecule has 2 atom stereocenters. The van der Waals surface area contributed by atoms with E-state index < -0.39 is 0 Å². The molecule has 17 heavy (non-hydrogen) atoms. The molecule has 2 fully saturated rings. The molecule has 0 bridgehead atoms. The number of anilines is 1. The van der Waals surface area contributed by atoms with Crippen LogP contribution in [0.15, 0.2) is 12.3 Å². The third-order valence-electron chi connectivity index (χ3n) is 3.74. The lowest BCUT2D eigenvalue weighted by molar-refractivity contribution is 0.379. The highest BCUT2D eigenvalue weighted by Gasteiger charge is 2.36. The molecule has 92 valence electrons. The molecule has 0 saturated carbocycles. The summed E-state index contributed by atoms with van der Waals surface area (Å²) in [6, 6.07) is 1.72. The minimum atomic E-state index is -0.315. The topological polar surface area (TPSA) is 28.2 Å². The van der Waals surface area contributed by atoms with Gasteiger partial charge in [-0.05, 0) is 24.8 Å². The molecular formula is C12H15ClFN3. The zero-order chi connectivity index (χ0) is 11.8. The van der Waals surface area contributed by atoms with Crippen LogP contribution in [0.3, 0.4) is 0 Å². The Balaban J connectivity index is 1.91. The molecule has 2 saturated heterocycles. The van der Waals surface area contributed by atoms with Crippen LogP contribution in [0.5, 0.6) is 0 Å². The molecule has 0 spiro atoms. The smallest absolute Gasteiger partial charge is 0.167 e. The first kappa shape index (κ1) is 11.2. The predicted molar refractivity (Wildman–Crippen MR) is 65.9 cm³/mol. The van der Waals surface area contributed by atoms with Crippen LogP contribution in [-0.2, 0) is 0 Å². The second-order valence-electron chi connectivity index (χ2n) is 4.78. The van der Waals surface area contributed by atoms with Crippen LogP contribution in [0.2, 0.25) is 5.02 Å². The van der Waals surface area contributed by atoms with Gasteiger partial charge in [0.05, 0.1) is 5.02 Å². The van der Waals surface area contributed by atoms with E-state index >= 15 is 0 Å². The molecule has 0 radical (unpaired) electrons. The Morgan fingerprint density at radius 1 is 1.47 bits per heavy atom. The number of fused-ring (bicyclic) bond motifs is 1. The van der Waals surface area contributed by atoms with Crippen LogP contribution in [-0.4, -0.2) is 30.7 Å². The molecular weight excluding hydrogens is 241 g/mol. The number of piperidine rings is 1. The van der Waals surface area contributed by atoms with Crippen LogP contribution < -0.4 is 10.2 Å². The van der Waals surface area contributed by atoms with E-state index in [-0.39, 0.29) is 5.82 Å². The first-order valence-corrected chi connectivity index (χ1v) is 6.42. The first-order valence-electron chi connectivity index (χ1n) is 6.04. The van der Waals surface area contributed by atoms with Gasteiger partial charge in [0.2, 0.25) is 0 Å². The summed E-state index contributed by atoms with van der Waals surface area (Å²) in [5.74, 6) is 0.762. The molecule has 3 nitrogen and oxygen atoms in total. The third kappa shape index (κ3) is 2.00. The molecule has 2 aliphatic heterocycles. The van der Waals surface area contributed by atoms with Gasteiger partial charge < -0.3 is 10.2 Å². The van der Waals surface area contributed by atoms with Gasteiger partial charge in [0.15, 0.2) is 11.6 Å². The number of hydrogen-bond donors (Lipinski definition) is 1. The van der Waals surface area contributed by atoms with E-state index in [1.807, 2.05) is 0 Å². The fraction of sp³-hybridized carbons (Fsp3) is 0.583. The van der Waals surface area contributed by atoms with E-state index in [1.54, 1.807) is 0 Å². The quantitative estimate of drug-likeness (QED) is 0.833. The van der Waals surface area contributed by atoms with Gasteiger partial charge in [-0.2, -0.15) is 0 Å². The molecule has 1 N–H and O–H groups in total. The van der Waals surface area contributed by atoms with Gasteiger partial charge in [-0.25, -0.2) is 9.37 Å². The summed E-state index contributed by atoms with van der Waals surface area (Å²) in [7, 11) is 0.